The molecule has 1 aliphatic rings. The summed E-state index contributed by atoms with van der Waals surface area (Å²) in [5.41, 5.74) is 3.13. The van der Waals surface area contributed by atoms with Crippen LogP contribution in [0.3, 0.4) is 0 Å². The maximum atomic E-state index is 13.7. The van der Waals surface area contributed by atoms with Crippen LogP contribution in [0.1, 0.15) is 35.6 Å². The first-order valence-electron chi connectivity index (χ1n) is 12.7. The van der Waals surface area contributed by atoms with Crippen LogP contribution in [0.4, 0.5) is 0 Å². The lowest BCUT2D eigenvalue weighted by Gasteiger charge is -2.26. The van der Waals surface area contributed by atoms with Gasteiger partial charge in [-0.15, -0.1) is 0 Å². The number of Topliss-reactive ketones (excluding diaryl/α,β-unsaturated/α-hetero) is 1. The third kappa shape index (κ3) is 5.90. The second kappa shape index (κ2) is 11.6. The van der Waals surface area contributed by atoms with Gasteiger partial charge in [0.2, 0.25) is 0 Å². The molecule has 1 saturated heterocycles. The number of carbonyl (C=O) groups is 1. The van der Waals surface area contributed by atoms with Crippen molar-refractivity contribution in [3.63, 3.8) is 0 Å². The molecule has 5 rings (SSSR count). The number of aryl methyl sites for hydroxylation is 1. The zero-order chi connectivity index (χ0) is 24.7. The van der Waals surface area contributed by atoms with E-state index in [0.29, 0.717) is 25.9 Å². The average molecular weight is 481 g/mol. The first kappa shape index (κ1) is 24.4. The van der Waals surface area contributed by atoms with Gasteiger partial charge in [0.1, 0.15) is 11.9 Å². The van der Waals surface area contributed by atoms with E-state index in [1.54, 1.807) is 0 Å². The smallest absolute Gasteiger partial charge is 0.139 e. The third-order valence-corrected chi connectivity index (χ3v) is 7.05. The average Bonchev–Trinajstić information content (AvgIpc) is 3.10. The lowest BCUT2D eigenvalue weighted by atomic mass is 9.84. The Balaban J connectivity index is 1.40. The molecule has 1 N–H and O–H groups in total. The highest BCUT2D eigenvalue weighted by molar-refractivity contribution is 5.84. The fourth-order valence-electron chi connectivity index (χ4n) is 5.02. The fourth-order valence-corrected chi connectivity index (χ4v) is 5.02. The van der Waals surface area contributed by atoms with Crippen LogP contribution in [0, 0.1) is 5.92 Å². The summed E-state index contributed by atoms with van der Waals surface area (Å²) in [7, 11) is 0. The predicted octanol–water partition coefficient (Wildman–Crippen LogP) is 6.07. The number of ether oxygens (including phenoxy) is 2. The molecular weight excluding hydrogens is 448 g/mol. The van der Waals surface area contributed by atoms with Crippen molar-refractivity contribution in [1.29, 1.82) is 0 Å². The van der Waals surface area contributed by atoms with E-state index in [9.17, 15) is 9.90 Å². The number of benzene rings is 4. The van der Waals surface area contributed by atoms with E-state index in [0.717, 1.165) is 27.5 Å². The largest absolute Gasteiger partial charge is 0.388 e. The van der Waals surface area contributed by atoms with Crippen LogP contribution in [-0.4, -0.2) is 29.7 Å². The van der Waals surface area contributed by atoms with Gasteiger partial charge in [-0.2, -0.15) is 0 Å². The molecule has 1 fully saturated rings. The molecule has 0 saturated carbocycles. The molecule has 0 bridgehead atoms. The van der Waals surface area contributed by atoms with E-state index in [4.69, 9.17) is 9.47 Å². The Bertz CT molecular complexity index is 1270. The molecule has 0 aromatic heterocycles. The van der Waals surface area contributed by atoms with E-state index >= 15 is 0 Å². The van der Waals surface area contributed by atoms with Crippen molar-refractivity contribution >= 4 is 16.6 Å². The van der Waals surface area contributed by atoms with E-state index in [1.165, 1.54) is 0 Å². The van der Waals surface area contributed by atoms with Crippen LogP contribution in [0.25, 0.3) is 10.8 Å². The molecule has 0 spiro atoms. The molecule has 1 heterocycles. The van der Waals surface area contributed by atoms with Gasteiger partial charge >= 0.3 is 0 Å². The van der Waals surface area contributed by atoms with Gasteiger partial charge < -0.3 is 14.6 Å². The Morgan fingerprint density at radius 1 is 0.833 bits per heavy atom. The second-order valence-electron chi connectivity index (χ2n) is 9.56. The number of carbonyl (C=O) groups excluding carboxylic acids is 1. The van der Waals surface area contributed by atoms with Crippen LogP contribution in [-0.2, 0) is 27.3 Å². The number of ketones is 1. The van der Waals surface area contributed by atoms with Crippen molar-refractivity contribution in [3.8, 4) is 0 Å². The number of rotatable bonds is 8. The first-order chi connectivity index (χ1) is 17.7. The summed E-state index contributed by atoms with van der Waals surface area (Å²) in [6.07, 6.45) is -0.204. The molecule has 0 radical (unpaired) electrons. The fraction of sp³-hybridized carbons (Fsp3) is 0.281. The first-order valence-corrected chi connectivity index (χ1v) is 12.7. The highest BCUT2D eigenvalue weighted by atomic mass is 16.5. The summed E-state index contributed by atoms with van der Waals surface area (Å²) in [5, 5.41) is 13.2. The molecule has 184 valence electrons. The molecule has 0 unspecified atom stereocenters. The minimum atomic E-state index is -0.802. The van der Waals surface area contributed by atoms with Crippen molar-refractivity contribution in [2.45, 2.75) is 44.2 Å². The van der Waals surface area contributed by atoms with Crippen LogP contribution in [0.15, 0.2) is 103 Å². The van der Waals surface area contributed by atoms with Gasteiger partial charge in [-0.25, -0.2) is 0 Å². The Labute approximate surface area is 212 Å². The molecule has 4 heteroatoms. The van der Waals surface area contributed by atoms with Gasteiger partial charge in [0.25, 0.3) is 0 Å². The number of fused-ring (bicyclic) bond motifs is 1. The molecule has 4 aromatic rings. The molecule has 1 aliphatic heterocycles. The lowest BCUT2D eigenvalue weighted by molar-refractivity contribution is -0.128. The zero-order valence-corrected chi connectivity index (χ0v) is 20.3. The summed E-state index contributed by atoms with van der Waals surface area (Å²) in [4.78, 5) is 13.7. The number of aliphatic hydroxyl groups is 1. The summed E-state index contributed by atoms with van der Waals surface area (Å²) >= 11 is 0. The minimum absolute atomic E-state index is 0.124. The van der Waals surface area contributed by atoms with Crippen molar-refractivity contribution < 1.29 is 19.4 Å². The molecule has 4 aromatic carbocycles. The second-order valence-corrected chi connectivity index (χ2v) is 9.56. The maximum absolute atomic E-state index is 13.7. The lowest BCUT2D eigenvalue weighted by Crippen LogP contribution is -2.33. The van der Waals surface area contributed by atoms with Crippen molar-refractivity contribution in [3.05, 3.63) is 120 Å². The highest BCUT2D eigenvalue weighted by Crippen LogP contribution is 2.37. The third-order valence-electron chi connectivity index (χ3n) is 7.05. The van der Waals surface area contributed by atoms with E-state index in [1.807, 2.05) is 78.9 Å². The SMILES string of the molecule is O=C(CCc1ccccc1)[C@@H]1C[C@H](OCc2ccccc2)[C@H](O)CO[C@H]1c1ccc2ccccc2c1. The summed E-state index contributed by atoms with van der Waals surface area (Å²) in [6.45, 7) is 0.507. The Kier molecular flexibility index (Phi) is 7.87. The van der Waals surface area contributed by atoms with Gasteiger partial charge in [0, 0.05) is 6.42 Å². The summed E-state index contributed by atoms with van der Waals surface area (Å²) in [6, 6.07) is 34.4. The normalized spacial score (nSPS) is 22.2. The van der Waals surface area contributed by atoms with Crippen LogP contribution in [0.5, 0.6) is 0 Å². The predicted molar refractivity (Wildman–Crippen MR) is 142 cm³/mol. The molecule has 0 aliphatic carbocycles. The van der Waals surface area contributed by atoms with Crippen LogP contribution < -0.4 is 0 Å². The molecule has 4 atom stereocenters. The highest BCUT2D eigenvalue weighted by Gasteiger charge is 2.38. The minimum Gasteiger partial charge on any atom is -0.388 e. The monoisotopic (exact) mass is 480 g/mol. The molecular formula is C32H32O4. The quantitative estimate of drug-likeness (QED) is 0.333. The number of hydrogen-bond acceptors (Lipinski definition) is 4. The maximum Gasteiger partial charge on any atom is 0.139 e. The van der Waals surface area contributed by atoms with Crippen molar-refractivity contribution in [1.82, 2.24) is 0 Å². The molecule has 36 heavy (non-hydrogen) atoms. The topological polar surface area (TPSA) is 55.8 Å². The van der Waals surface area contributed by atoms with E-state index in [-0.39, 0.29) is 12.4 Å². The standard InChI is InChI=1S/C32H32O4/c33-29(18-15-23-9-3-1-4-10-23)28-20-31(35-21-24-11-5-2-6-12-24)30(34)22-36-32(28)27-17-16-25-13-7-8-14-26(25)19-27/h1-14,16-17,19,28,30-32,34H,15,18,20-22H2/t28-,30+,31-,32-/m0/s1. The van der Waals surface area contributed by atoms with Gasteiger partial charge in [0.15, 0.2) is 0 Å². The summed E-state index contributed by atoms with van der Waals surface area (Å²) < 4.78 is 12.4. The van der Waals surface area contributed by atoms with Gasteiger partial charge in [-0.05, 0) is 46.4 Å². The Hall–Kier alpha value is -3.31. The Morgan fingerprint density at radius 2 is 1.50 bits per heavy atom. The van der Waals surface area contributed by atoms with Crippen LogP contribution in [0.2, 0.25) is 0 Å². The van der Waals surface area contributed by atoms with Gasteiger partial charge in [-0.3, -0.25) is 4.79 Å². The van der Waals surface area contributed by atoms with Gasteiger partial charge in [-0.1, -0.05) is 97.1 Å². The Morgan fingerprint density at radius 3 is 2.25 bits per heavy atom. The number of aliphatic hydroxyl groups excluding tert-OH is 1. The van der Waals surface area contributed by atoms with Crippen molar-refractivity contribution in [2.24, 2.45) is 5.92 Å². The van der Waals surface area contributed by atoms with Gasteiger partial charge in [0.05, 0.1) is 31.3 Å². The summed E-state index contributed by atoms with van der Waals surface area (Å²) in [5.74, 6) is -0.271. The van der Waals surface area contributed by atoms with Crippen molar-refractivity contribution in [2.75, 3.05) is 6.61 Å². The number of hydrogen-bond donors (Lipinski definition) is 1. The molecule has 0 amide bonds. The van der Waals surface area contributed by atoms with E-state index < -0.39 is 24.2 Å². The molecule has 4 nitrogen and oxygen atoms in total. The zero-order valence-electron chi connectivity index (χ0n) is 20.3. The van der Waals surface area contributed by atoms with Crippen LogP contribution >= 0.6 is 0 Å². The van der Waals surface area contributed by atoms with E-state index in [2.05, 4.69) is 24.3 Å².